The molecule has 2 aromatic rings. The highest BCUT2D eigenvalue weighted by Gasteiger charge is 2.24. The van der Waals surface area contributed by atoms with E-state index in [9.17, 15) is 9.59 Å². The van der Waals surface area contributed by atoms with Crippen molar-refractivity contribution in [3.63, 3.8) is 0 Å². The van der Waals surface area contributed by atoms with Crippen LogP contribution in [-0.2, 0) is 4.79 Å². The predicted octanol–water partition coefficient (Wildman–Crippen LogP) is 1.70. The predicted molar refractivity (Wildman–Crippen MR) is 81.3 cm³/mol. The molecule has 1 N–H and O–H groups in total. The van der Waals surface area contributed by atoms with Crippen molar-refractivity contribution in [2.75, 3.05) is 26.2 Å². The van der Waals surface area contributed by atoms with Crippen molar-refractivity contribution >= 4 is 23.2 Å². The van der Waals surface area contributed by atoms with Crippen molar-refractivity contribution in [1.29, 1.82) is 0 Å². The van der Waals surface area contributed by atoms with Crippen LogP contribution in [0, 0.1) is 13.8 Å². The molecule has 0 aliphatic carbocycles. The molecule has 0 spiro atoms. The van der Waals surface area contributed by atoms with Gasteiger partial charge in [0.1, 0.15) is 5.69 Å². The molecule has 1 aliphatic heterocycles. The van der Waals surface area contributed by atoms with Crippen molar-refractivity contribution in [1.82, 2.24) is 14.8 Å². The van der Waals surface area contributed by atoms with E-state index in [1.54, 1.807) is 4.90 Å². The van der Waals surface area contributed by atoms with Gasteiger partial charge in [0.15, 0.2) is 0 Å². The lowest BCUT2D eigenvalue weighted by molar-refractivity contribution is -0.119. The third-order valence-electron chi connectivity index (χ3n) is 4.18. The highest BCUT2D eigenvalue weighted by Crippen LogP contribution is 2.24. The molecule has 1 saturated heterocycles. The number of carbonyl (C=O) groups is 2. The Morgan fingerprint density at radius 3 is 2.57 bits per heavy atom. The van der Waals surface area contributed by atoms with E-state index in [0.717, 1.165) is 22.9 Å². The largest absolute Gasteiger partial charge is 0.350 e. The summed E-state index contributed by atoms with van der Waals surface area (Å²) < 4.78 is 0. The molecular formula is C16H19N3O2. The number of amides is 2. The van der Waals surface area contributed by atoms with Crippen molar-refractivity contribution in [2.45, 2.75) is 13.8 Å². The summed E-state index contributed by atoms with van der Waals surface area (Å²) in [7, 11) is 0. The van der Waals surface area contributed by atoms with E-state index >= 15 is 0 Å². The maximum atomic E-state index is 12.7. The molecule has 2 heterocycles. The summed E-state index contributed by atoms with van der Waals surface area (Å²) in [6.07, 6.45) is 0.846. The van der Waals surface area contributed by atoms with Crippen LogP contribution in [0.15, 0.2) is 18.2 Å². The first-order valence-electron chi connectivity index (χ1n) is 7.17. The molecule has 3 rings (SSSR count). The Morgan fingerprint density at radius 2 is 1.90 bits per heavy atom. The smallest absolute Gasteiger partial charge is 0.270 e. The molecule has 21 heavy (non-hydrogen) atoms. The lowest BCUT2D eigenvalue weighted by Crippen LogP contribution is -2.48. The van der Waals surface area contributed by atoms with Crippen LogP contribution in [0.2, 0.25) is 0 Å². The van der Waals surface area contributed by atoms with Crippen molar-refractivity contribution < 1.29 is 9.59 Å². The molecule has 0 saturated carbocycles. The fraction of sp³-hybridized carbons (Fsp3) is 0.375. The van der Waals surface area contributed by atoms with Gasteiger partial charge in [0.05, 0.1) is 0 Å². The Hall–Kier alpha value is -2.30. The summed E-state index contributed by atoms with van der Waals surface area (Å²) in [5.74, 6) is 0.0203. The molecule has 1 aliphatic rings. The molecule has 5 nitrogen and oxygen atoms in total. The maximum absolute atomic E-state index is 12.7. The second-order valence-corrected chi connectivity index (χ2v) is 5.61. The minimum Gasteiger partial charge on any atom is -0.350 e. The Morgan fingerprint density at radius 1 is 1.19 bits per heavy atom. The Labute approximate surface area is 123 Å². The van der Waals surface area contributed by atoms with Gasteiger partial charge in [-0.05, 0) is 31.5 Å². The molecule has 110 valence electrons. The third kappa shape index (κ3) is 2.39. The topological polar surface area (TPSA) is 56.4 Å². The number of hydrogen-bond acceptors (Lipinski definition) is 2. The van der Waals surface area contributed by atoms with Gasteiger partial charge in [-0.2, -0.15) is 0 Å². The summed E-state index contributed by atoms with van der Waals surface area (Å²) in [4.78, 5) is 30.1. The van der Waals surface area contributed by atoms with Crippen LogP contribution in [0.4, 0.5) is 0 Å². The van der Waals surface area contributed by atoms with E-state index in [-0.39, 0.29) is 5.91 Å². The fourth-order valence-electron chi connectivity index (χ4n) is 2.84. The first kappa shape index (κ1) is 13.7. The number of aryl methyl sites for hydroxylation is 2. The lowest BCUT2D eigenvalue weighted by atomic mass is 10.1. The van der Waals surface area contributed by atoms with Crippen LogP contribution >= 0.6 is 0 Å². The average Bonchev–Trinajstić information content (AvgIpc) is 2.83. The van der Waals surface area contributed by atoms with Gasteiger partial charge in [-0.15, -0.1) is 0 Å². The molecule has 1 fully saturated rings. The van der Waals surface area contributed by atoms with Gasteiger partial charge >= 0.3 is 0 Å². The Balaban J connectivity index is 1.88. The van der Waals surface area contributed by atoms with Gasteiger partial charge in [0.2, 0.25) is 6.41 Å². The van der Waals surface area contributed by atoms with Crippen LogP contribution in [0.1, 0.15) is 21.6 Å². The first-order chi connectivity index (χ1) is 10.1. The van der Waals surface area contributed by atoms with Gasteiger partial charge in [0.25, 0.3) is 5.91 Å². The molecule has 5 heteroatoms. The van der Waals surface area contributed by atoms with E-state index in [2.05, 4.69) is 11.1 Å². The molecule has 0 radical (unpaired) electrons. The van der Waals surface area contributed by atoms with E-state index < -0.39 is 0 Å². The zero-order chi connectivity index (χ0) is 15.0. The number of nitrogens with one attached hydrogen (secondary N) is 1. The van der Waals surface area contributed by atoms with Gasteiger partial charge in [-0.3, -0.25) is 9.59 Å². The second-order valence-electron chi connectivity index (χ2n) is 5.61. The molecule has 0 bridgehead atoms. The van der Waals surface area contributed by atoms with Gasteiger partial charge in [0, 0.05) is 37.1 Å². The molecule has 1 aromatic carbocycles. The van der Waals surface area contributed by atoms with Gasteiger partial charge in [-0.1, -0.05) is 11.6 Å². The number of hydrogen-bond donors (Lipinski definition) is 1. The number of nitrogens with zero attached hydrogens (tertiary/aromatic N) is 2. The van der Waals surface area contributed by atoms with Crippen molar-refractivity contribution in [3.05, 3.63) is 35.0 Å². The summed E-state index contributed by atoms with van der Waals surface area (Å²) in [5.41, 5.74) is 3.84. The minimum atomic E-state index is 0.0203. The third-order valence-corrected chi connectivity index (χ3v) is 4.18. The van der Waals surface area contributed by atoms with Crippen LogP contribution in [0.3, 0.4) is 0 Å². The van der Waals surface area contributed by atoms with Crippen LogP contribution in [-0.4, -0.2) is 53.3 Å². The molecule has 1 aromatic heterocycles. The highest BCUT2D eigenvalue weighted by molar-refractivity contribution is 6.01. The monoisotopic (exact) mass is 285 g/mol. The van der Waals surface area contributed by atoms with Crippen molar-refractivity contribution in [2.24, 2.45) is 0 Å². The SMILES string of the molecule is Cc1ccc2[nH]c(C(=O)N3CCN(C=O)CC3)c(C)c2c1. The van der Waals surface area contributed by atoms with Crippen molar-refractivity contribution in [3.8, 4) is 0 Å². The first-order valence-corrected chi connectivity index (χ1v) is 7.17. The summed E-state index contributed by atoms with van der Waals surface area (Å²) in [5, 5.41) is 1.10. The number of benzene rings is 1. The summed E-state index contributed by atoms with van der Waals surface area (Å²) in [6.45, 7) is 6.41. The Bertz CT molecular complexity index is 697. The maximum Gasteiger partial charge on any atom is 0.270 e. The van der Waals surface area contributed by atoms with Crippen LogP contribution in [0.25, 0.3) is 10.9 Å². The zero-order valence-corrected chi connectivity index (χ0v) is 12.3. The second kappa shape index (κ2) is 5.24. The number of piperazine rings is 1. The van der Waals surface area contributed by atoms with E-state index in [4.69, 9.17) is 0 Å². The van der Waals surface area contributed by atoms with E-state index in [1.807, 2.05) is 30.9 Å². The highest BCUT2D eigenvalue weighted by atomic mass is 16.2. The molecule has 0 unspecified atom stereocenters. The number of rotatable bonds is 2. The fourth-order valence-corrected chi connectivity index (χ4v) is 2.84. The quantitative estimate of drug-likeness (QED) is 0.854. The average molecular weight is 285 g/mol. The zero-order valence-electron chi connectivity index (χ0n) is 12.3. The van der Waals surface area contributed by atoms with Crippen LogP contribution < -0.4 is 0 Å². The lowest BCUT2D eigenvalue weighted by Gasteiger charge is -2.32. The minimum absolute atomic E-state index is 0.0203. The Kier molecular flexibility index (Phi) is 3.41. The number of fused-ring (bicyclic) bond motifs is 1. The summed E-state index contributed by atoms with van der Waals surface area (Å²) >= 11 is 0. The molecule has 2 amide bonds. The van der Waals surface area contributed by atoms with Gasteiger partial charge < -0.3 is 14.8 Å². The van der Waals surface area contributed by atoms with Crippen LogP contribution in [0.5, 0.6) is 0 Å². The molecular weight excluding hydrogens is 266 g/mol. The normalized spacial score (nSPS) is 15.5. The summed E-state index contributed by atoms with van der Waals surface area (Å²) in [6, 6.07) is 6.15. The number of H-pyrrole nitrogens is 1. The van der Waals surface area contributed by atoms with E-state index in [0.29, 0.717) is 31.9 Å². The van der Waals surface area contributed by atoms with Gasteiger partial charge in [-0.25, -0.2) is 0 Å². The number of aromatic amines is 1. The number of aromatic nitrogens is 1. The standard InChI is InChI=1S/C16H19N3O2/c1-11-3-4-14-13(9-11)12(2)15(17-14)16(21)19-7-5-18(10-20)6-8-19/h3-4,9-10,17H,5-8H2,1-2H3. The van der Waals surface area contributed by atoms with E-state index in [1.165, 1.54) is 5.56 Å². The number of carbonyl (C=O) groups excluding carboxylic acids is 2. The molecule has 0 atom stereocenters.